The van der Waals surface area contributed by atoms with E-state index < -0.39 is 0 Å². The van der Waals surface area contributed by atoms with Crippen LogP contribution in [0.2, 0.25) is 0 Å². The van der Waals surface area contributed by atoms with Crippen molar-refractivity contribution in [3.63, 3.8) is 0 Å². The molecule has 0 spiro atoms. The van der Waals surface area contributed by atoms with Crippen molar-refractivity contribution in [2.75, 3.05) is 14.1 Å². The van der Waals surface area contributed by atoms with E-state index in [1.165, 1.54) is 6.07 Å². The van der Waals surface area contributed by atoms with E-state index in [1.807, 2.05) is 30.3 Å². The molecule has 134 valence electrons. The van der Waals surface area contributed by atoms with Crippen LogP contribution in [0.15, 0.2) is 48.5 Å². The minimum atomic E-state index is -0.230. The second-order valence-electron chi connectivity index (χ2n) is 7.63. The van der Waals surface area contributed by atoms with Crippen LogP contribution in [0.25, 0.3) is 0 Å². The Balaban J connectivity index is 2.19. The van der Waals surface area contributed by atoms with Crippen molar-refractivity contribution in [2.24, 2.45) is 5.41 Å². The second-order valence-corrected chi connectivity index (χ2v) is 7.63. The molecule has 0 aliphatic carbocycles. The van der Waals surface area contributed by atoms with Crippen LogP contribution in [0, 0.1) is 11.2 Å². The van der Waals surface area contributed by atoms with E-state index in [0.717, 1.165) is 11.1 Å². The molecule has 2 rings (SSSR count). The number of nitrogens with zero attached hydrogens (tertiary/aromatic N) is 1. The Bertz CT molecular complexity index is 735. The van der Waals surface area contributed by atoms with E-state index >= 15 is 0 Å². The number of nitrogens with one attached hydrogen (secondary N) is 1. The summed E-state index contributed by atoms with van der Waals surface area (Å²) in [5, 5.41) is 3.52. The summed E-state index contributed by atoms with van der Waals surface area (Å²) in [5.41, 5.74) is 2.54. The molecule has 2 aromatic rings. The maximum Gasteiger partial charge on any atom is 0.253 e. The highest BCUT2D eigenvalue weighted by Crippen LogP contribution is 2.33. The fraction of sp³-hybridized carbons (Fsp3) is 0.381. The lowest BCUT2D eigenvalue weighted by molar-refractivity contribution is 0.0827. The third kappa shape index (κ3) is 5.13. The van der Waals surface area contributed by atoms with Gasteiger partial charge in [0.1, 0.15) is 5.82 Å². The molecule has 0 saturated heterocycles. The van der Waals surface area contributed by atoms with Gasteiger partial charge in [-0.15, -0.1) is 0 Å². The number of carbonyl (C=O) groups is 1. The minimum Gasteiger partial charge on any atom is -0.345 e. The zero-order valence-electron chi connectivity index (χ0n) is 15.6. The van der Waals surface area contributed by atoms with E-state index in [-0.39, 0.29) is 23.2 Å². The predicted molar refractivity (Wildman–Crippen MR) is 99.9 cm³/mol. The van der Waals surface area contributed by atoms with Crippen molar-refractivity contribution in [3.8, 4) is 0 Å². The zero-order chi connectivity index (χ0) is 18.6. The molecule has 0 heterocycles. The van der Waals surface area contributed by atoms with Crippen LogP contribution in [0.5, 0.6) is 0 Å². The smallest absolute Gasteiger partial charge is 0.253 e. The first-order valence-electron chi connectivity index (χ1n) is 8.48. The van der Waals surface area contributed by atoms with Gasteiger partial charge in [0.05, 0.1) is 0 Å². The van der Waals surface area contributed by atoms with Crippen LogP contribution in [0.4, 0.5) is 4.39 Å². The molecule has 0 unspecified atom stereocenters. The molecular formula is C21H27FN2O. The van der Waals surface area contributed by atoms with E-state index in [9.17, 15) is 9.18 Å². The van der Waals surface area contributed by atoms with E-state index in [1.54, 1.807) is 31.1 Å². The molecular weight excluding hydrogens is 315 g/mol. The summed E-state index contributed by atoms with van der Waals surface area (Å²) >= 11 is 0. The van der Waals surface area contributed by atoms with Crippen molar-refractivity contribution in [1.29, 1.82) is 0 Å². The summed E-state index contributed by atoms with van der Waals surface area (Å²) in [6.07, 6.45) is 0. The van der Waals surface area contributed by atoms with Gasteiger partial charge in [-0.2, -0.15) is 0 Å². The summed E-state index contributed by atoms with van der Waals surface area (Å²) in [5.74, 6) is -0.244. The van der Waals surface area contributed by atoms with Crippen LogP contribution in [0.3, 0.4) is 0 Å². The molecule has 0 aliphatic heterocycles. The lowest BCUT2D eigenvalue weighted by Crippen LogP contribution is -2.32. The van der Waals surface area contributed by atoms with Crippen LogP contribution in [0.1, 0.15) is 48.3 Å². The Morgan fingerprint density at radius 2 is 1.80 bits per heavy atom. The molecule has 2 aromatic carbocycles. The van der Waals surface area contributed by atoms with Crippen molar-refractivity contribution < 1.29 is 9.18 Å². The Kier molecular flexibility index (Phi) is 5.96. The molecule has 0 radical (unpaired) electrons. The van der Waals surface area contributed by atoms with Crippen LogP contribution >= 0.6 is 0 Å². The van der Waals surface area contributed by atoms with Gasteiger partial charge in [-0.3, -0.25) is 4.79 Å². The number of hydrogen-bond donors (Lipinski definition) is 1. The maximum absolute atomic E-state index is 13.6. The number of carbonyl (C=O) groups excluding carboxylic acids is 1. The van der Waals surface area contributed by atoms with Gasteiger partial charge in [0.2, 0.25) is 0 Å². The van der Waals surface area contributed by atoms with Crippen molar-refractivity contribution >= 4 is 5.91 Å². The molecule has 0 aliphatic rings. The van der Waals surface area contributed by atoms with Gasteiger partial charge in [-0.1, -0.05) is 45.0 Å². The summed E-state index contributed by atoms with van der Waals surface area (Å²) < 4.78 is 13.6. The van der Waals surface area contributed by atoms with Crippen LogP contribution in [-0.2, 0) is 6.54 Å². The molecule has 25 heavy (non-hydrogen) atoms. The molecule has 0 bridgehead atoms. The fourth-order valence-electron chi connectivity index (χ4n) is 2.90. The molecule has 0 fully saturated rings. The molecule has 4 heteroatoms. The van der Waals surface area contributed by atoms with Gasteiger partial charge >= 0.3 is 0 Å². The van der Waals surface area contributed by atoms with Crippen molar-refractivity contribution in [3.05, 3.63) is 71.0 Å². The van der Waals surface area contributed by atoms with E-state index in [4.69, 9.17) is 0 Å². The number of benzene rings is 2. The topological polar surface area (TPSA) is 32.3 Å². The normalized spacial score (nSPS) is 12.7. The number of rotatable bonds is 5. The fourth-order valence-corrected chi connectivity index (χ4v) is 2.90. The second kappa shape index (κ2) is 7.79. The SMILES string of the molecule is CN(C)C(=O)c1cccc(CN[C@@H](c2cccc(F)c2)C(C)(C)C)c1. The largest absolute Gasteiger partial charge is 0.345 e. The summed E-state index contributed by atoms with van der Waals surface area (Å²) in [6, 6.07) is 14.3. The molecule has 1 amide bonds. The van der Waals surface area contributed by atoms with E-state index in [0.29, 0.717) is 12.1 Å². The number of hydrogen-bond acceptors (Lipinski definition) is 2. The quantitative estimate of drug-likeness (QED) is 0.873. The lowest BCUT2D eigenvalue weighted by Gasteiger charge is -2.32. The van der Waals surface area contributed by atoms with Gasteiger partial charge < -0.3 is 10.2 Å². The first-order valence-corrected chi connectivity index (χ1v) is 8.48. The molecule has 0 aromatic heterocycles. The first-order chi connectivity index (χ1) is 11.7. The average molecular weight is 342 g/mol. The molecule has 1 N–H and O–H groups in total. The van der Waals surface area contributed by atoms with Gasteiger partial charge in [-0.05, 0) is 40.8 Å². The van der Waals surface area contributed by atoms with Crippen LogP contribution in [-0.4, -0.2) is 24.9 Å². The Hall–Kier alpha value is -2.20. The van der Waals surface area contributed by atoms with Crippen molar-refractivity contribution in [1.82, 2.24) is 10.2 Å². The van der Waals surface area contributed by atoms with E-state index in [2.05, 4.69) is 26.1 Å². The zero-order valence-corrected chi connectivity index (χ0v) is 15.6. The third-order valence-corrected chi connectivity index (χ3v) is 4.14. The number of halogens is 1. The van der Waals surface area contributed by atoms with Gasteiger partial charge in [0.25, 0.3) is 5.91 Å². The highest BCUT2D eigenvalue weighted by molar-refractivity contribution is 5.94. The summed E-state index contributed by atoms with van der Waals surface area (Å²) in [7, 11) is 3.49. The highest BCUT2D eigenvalue weighted by Gasteiger charge is 2.26. The predicted octanol–water partition coefficient (Wildman–Crippen LogP) is 4.40. The number of amides is 1. The monoisotopic (exact) mass is 342 g/mol. The Labute approximate surface area is 149 Å². The molecule has 0 saturated carbocycles. The van der Waals surface area contributed by atoms with Gasteiger partial charge in [0, 0.05) is 32.2 Å². The molecule has 1 atom stereocenters. The first kappa shape index (κ1) is 19.1. The molecule has 3 nitrogen and oxygen atoms in total. The summed E-state index contributed by atoms with van der Waals surface area (Å²) in [6.45, 7) is 6.98. The van der Waals surface area contributed by atoms with Crippen molar-refractivity contribution in [2.45, 2.75) is 33.4 Å². The Morgan fingerprint density at radius 3 is 2.40 bits per heavy atom. The van der Waals surface area contributed by atoms with Crippen LogP contribution < -0.4 is 5.32 Å². The maximum atomic E-state index is 13.6. The average Bonchev–Trinajstić information content (AvgIpc) is 2.53. The Morgan fingerprint density at radius 1 is 1.12 bits per heavy atom. The van der Waals surface area contributed by atoms with Gasteiger partial charge in [-0.25, -0.2) is 4.39 Å². The standard InChI is InChI=1S/C21H27FN2O/c1-21(2,3)19(16-9-7-11-18(22)13-16)23-14-15-8-6-10-17(12-15)20(25)24(4)5/h6-13,19,23H,14H2,1-5H3/t19-/m0/s1. The summed E-state index contributed by atoms with van der Waals surface area (Å²) in [4.78, 5) is 13.7. The minimum absolute atomic E-state index is 0.00333. The highest BCUT2D eigenvalue weighted by atomic mass is 19.1. The third-order valence-electron chi connectivity index (χ3n) is 4.14. The van der Waals surface area contributed by atoms with Gasteiger partial charge in [0.15, 0.2) is 0 Å². The lowest BCUT2D eigenvalue weighted by atomic mass is 9.82.